The zero-order valence-electron chi connectivity index (χ0n) is 11.7. The molecule has 2 nitrogen and oxygen atoms in total. The molecule has 0 bridgehead atoms. The van der Waals surface area contributed by atoms with Crippen LogP contribution in [-0.4, -0.2) is 30.6 Å². The van der Waals surface area contributed by atoms with Gasteiger partial charge in [-0.3, -0.25) is 0 Å². The summed E-state index contributed by atoms with van der Waals surface area (Å²) in [5.41, 5.74) is 6.18. The highest BCUT2D eigenvalue weighted by molar-refractivity contribution is 4.83. The van der Waals surface area contributed by atoms with E-state index in [1.165, 1.54) is 58.2 Å². The Morgan fingerprint density at radius 2 is 1.82 bits per heavy atom. The zero-order valence-corrected chi connectivity index (χ0v) is 11.7. The Labute approximate surface area is 107 Å². The Kier molecular flexibility index (Phi) is 4.87. The standard InChI is InChI=1S/C15H30N2/c1-3-14-11-17(9-8-15(14)16)10-13-6-4-12(2)5-7-13/h12-15H,3-11,16H2,1-2H3. The highest BCUT2D eigenvalue weighted by Crippen LogP contribution is 2.30. The SMILES string of the molecule is CCC1CN(CC2CCC(C)CC2)CCC1N. The van der Waals surface area contributed by atoms with Crippen LogP contribution in [0.5, 0.6) is 0 Å². The first-order valence-corrected chi connectivity index (χ1v) is 7.67. The lowest BCUT2D eigenvalue weighted by atomic mass is 9.82. The maximum absolute atomic E-state index is 6.18. The van der Waals surface area contributed by atoms with E-state index in [-0.39, 0.29) is 0 Å². The van der Waals surface area contributed by atoms with E-state index in [4.69, 9.17) is 5.73 Å². The van der Waals surface area contributed by atoms with Gasteiger partial charge >= 0.3 is 0 Å². The van der Waals surface area contributed by atoms with E-state index >= 15 is 0 Å². The molecular weight excluding hydrogens is 208 g/mol. The second-order valence-corrected chi connectivity index (χ2v) is 6.51. The van der Waals surface area contributed by atoms with Crippen LogP contribution in [0, 0.1) is 17.8 Å². The maximum Gasteiger partial charge on any atom is 0.00914 e. The van der Waals surface area contributed by atoms with Crippen LogP contribution in [-0.2, 0) is 0 Å². The van der Waals surface area contributed by atoms with Crippen LogP contribution in [0.4, 0.5) is 0 Å². The fourth-order valence-electron chi connectivity index (χ4n) is 3.60. The van der Waals surface area contributed by atoms with Gasteiger partial charge in [0.05, 0.1) is 0 Å². The van der Waals surface area contributed by atoms with Crippen LogP contribution in [0.15, 0.2) is 0 Å². The Hall–Kier alpha value is -0.0800. The van der Waals surface area contributed by atoms with Gasteiger partial charge in [-0.25, -0.2) is 0 Å². The summed E-state index contributed by atoms with van der Waals surface area (Å²) in [5, 5.41) is 0. The zero-order chi connectivity index (χ0) is 12.3. The fraction of sp³-hybridized carbons (Fsp3) is 1.00. The molecule has 2 N–H and O–H groups in total. The van der Waals surface area contributed by atoms with Gasteiger partial charge in [0.1, 0.15) is 0 Å². The molecule has 100 valence electrons. The average Bonchev–Trinajstić information content (AvgIpc) is 2.34. The van der Waals surface area contributed by atoms with Crippen molar-refractivity contribution in [2.75, 3.05) is 19.6 Å². The van der Waals surface area contributed by atoms with Crippen LogP contribution in [0.1, 0.15) is 52.4 Å². The molecule has 1 heterocycles. The van der Waals surface area contributed by atoms with Crippen molar-refractivity contribution < 1.29 is 0 Å². The van der Waals surface area contributed by atoms with Crippen molar-refractivity contribution in [2.24, 2.45) is 23.5 Å². The van der Waals surface area contributed by atoms with Gasteiger partial charge in [0.15, 0.2) is 0 Å². The molecule has 0 spiro atoms. The van der Waals surface area contributed by atoms with Crippen LogP contribution in [0.3, 0.4) is 0 Å². The van der Waals surface area contributed by atoms with Crippen molar-refractivity contribution in [3.05, 3.63) is 0 Å². The van der Waals surface area contributed by atoms with Gasteiger partial charge in [-0.15, -0.1) is 0 Å². The first-order chi connectivity index (χ1) is 8.19. The summed E-state index contributed by atoms with van der Waals surface area (Å²) in [6, 6.07) is 0.461. The Bertz CT molecular complexity index is 221. The molecule has 0 aromatic carbocycles. The van der Waals surface area contributed by atoms with E-state index in [2.05, 4.69) is 18.7 Å². The molecule has 2 unspecified atom stereocenters. The quantitative estimate of drug-likeness (QED) is 0.819. The summed E-state index contributed by atoms with van der Waals surface area (Å²) in [5.74, 6) is 2.69. The molecule has 0 aromatic heterocycles. The molecule has 0 aromatic rings. The van der Waals surface area contributed by atoms with Gasteiger partial charge in [0, 0.05) is 19.1 Å². The number of hydrogen-bond donors (Lipinski definition) is 1. The summed E-state index contributed by atoms with van der Waals surface area (Å²) in [7, 11) is 0. The van der Waals surface area contributed by atoms with Crippen LogP contribution in [0.2, 0.25) is 0 Å². The molecule has 0 radical (unpaired) electrons. The Morgan fingerprint density at radius 3 is 2.47 bits per heavy atom. The number of nitrogens with zero attached hydrogens (tertiary/aromatic N) is 1. The van der Waals surface area contributed by atoms with Crippen molar-refractivity contribution in [2.45, 2.75) is 58.4 Å². The number of nitrogens with two attached hydrogens (primary N) is 1. The minimum atomic E-state index is 0.461. The van der Waals surface area contributed by atoms with Gasteiger partial charge < -0.3 is 10.6 Å². The molecule has 2 fully saturated rings. The summed E-state index contributed by atoms with van der Waals surface area (Å²) in [6.45, 7) is 8.53. The number of rotatable bonds is 3. The highest BCUT2D eigenvalue weighted by Gasteiger charge is 2.27. The number of likely N-dealkylation sites (tertiary alicyclic amines) is 1. The first kappa shape index (κ1) is 13.4. The van der Waals surface area contributed by atoms with Crippen molar-refractivity contribution in [3.8, 4) is 0 Å². The van der Waals surface area contributed by atoms with E-state index in [1.807, 2.05) is 0 Å². The van der Waals surface area contributed by atoms with Crippen molar-refractivity contribution >= 4 is 0 Å². The van der Waals surface area contributed by atoms with Crippen LogP contribution >= 0.6 is 0 Å². The van der Waals surface area contributed by atoms with Gasteiger partial charge in [-0.05, 0) is 43.6 Å². The normalized spacial score (nSPS) is 40.4. The molecule has 1 saturated heterocycles. The fourth-order valence-corrected chi connectivity index (χ4v) is 3.60. The van der Waals surface area contributed by atoms with E-state index < -0.39 is 0 Å². The molecule has 2 atom stereocenters. The van der Waals surface area contributed by atoms with Crippen LogP contribution in [0.25, 0.3) is 0 Å². The number of hydrogen-bond acceptors (Lipinski definition) is 2. The Balaban J connectivity index is 1.75. The average molecular weight is 238 g/mol. The van der Waals surface area contributed by atoms with E-state index in [0.717, 1.165) is 17.8 Å². The minimum absolute atomic E-state index is 0.461. The molecule has 2 heteroatoms. The predicted molar refractivity (Wildman–Crippen MR) is 73.9 cm³/mol. The molecule has 1 saturated carbocycles. The van der Waals surface area contributed by atoms with Crippen molar-refractivity contribution in [3.63, 3.8) is 0 Å². The van der Waals surface area contributed by atoms with Crippen molar-refractivity contribution in [1.82, 2.24) is 4.90 Å². The Morgan fingerprint density at radius 1 is 1.12 bits per heavy atom. The van der Waals surface area contributed by atoms with Gasteiger partial charge in [-0.2, -0.15) is 0 Å². The largest absolute Gasteiger partial charge is 0.327 e. The molecular formula is C15H30N2. The molecule has 2 aliphatic rings. The van der Waals surface area contributed by atoms with Crippen LogP contribution < -0.4 is 5.73 Å². The predicted octanol–water partition coefficient (Wildman–Crippen LogP) is 2.87. The van der Waals surface area contributed by atoms with Crippen molar-refractivity contribution in [1.29, 1.82) is 0 Å². The lowest BCUT2D eigenvalue weighted by Gasteiger charge is -2.39. The summed E-state index contributed by atoms with van der Waals surface area (Å²) in [4.78, 5) is 2.69. The molecule has 1 aliphatic carbocycles. The first-order valence-electron chi connectivity index (χ1n) is 7.67. The van der Waals surface area contributed by atoms with Gasteiger partial charge in [-0.1, -0.05) is 33.1 Å². The maximum atomic E-state index is 6.18. The van der Waals surface area contributed by atoms with E-state index in [0.29, 0.717) is 6.04 Å². The monoisotopic (exact) mass is 238 g/mol. The smallest absolute Gasteiger partial charge is 0.00914 e. The topological polar surface area (TPSA) is 29.3 Å². The summed E-state index contributed by atoms with van der Waals surface area (Å²) < 4.78 is 0. The third kappa shape index (κ3) is 3.69. The summed E-state index contributed by atoms with van der Waals surface area (Å²) in [6.07, 6.45) is 8.28. The third-order valence-corrected chi connectivity index (χ3v) is 5.05. The van der Waals surface area contributed by atoms with Gasteiger partial charge in [0.2, 0.25) is 0 Å². The van der Waals surface area contributed by atoms with Gasteiger partial charge in [0.25, 0.3) is 0 Å². The molecule has 1 aliphatic heterocycles. The van der Waals surface area contributed by atoms with E-state index in [1.54, 1.807) is 0 Å². The summed E-state index contributed by atoms with van der Waals surface area (Å²) >= 11 is 0. The molecule has 0 amide bonds. The minimum Gasteiger partial charge on any atom is -0.327 e. The number of piperidine rings is 1. The molecule has 2 rings (SSSR count). The second kappa shape index (κ2) is 6.19. The van der Waals surface area contributed by atoms with E-state index in [9.17, 15) is 0 Å². The lowest BCUT2D eigenvalue weighted by Crippen LogP contribution is -2.48. The lowest BCUT2D eigenvalue weighted by molar-refractivity contribution is 0.116. The third-order valence-electron chi connectivity index (χ3n) is 5.05. The second-order valence-electron chi connectivity index (χ2n) is 6.51. The molecule has 17 heavy (non-hydrogen) atoms. The highest BCUT2D eigenvalue weighted by atomic mass is 15.1.